The molecule has 3 heteroatoms. The van der Waals surface area contributed by atoms with Gasteiger partial charge in [0.25, 0.3) is 0 Å². The molecule has 0 bridgehead atoms. The Morgan fingerprint density at radius 2 is 1.92 bits per heavy atom. The van der Waals surface area contributed by atoms with Gasteiger partial charge in [0.1, 0.15) is 0 Å². The van der Waals surface area contributed by atoms with Gasteiger partial charge in [0.2, 0.25) is 5.91 Å². The van der Waals surface area contributed by atoms with Crippen molar-refractivity contribution in [1.82, 2.24) is 0 Å². The molecule has 0 saturated heterocycles. The maximum absolute atomic E-state index is 11.2. The lowest BCUT2D eigenvalue weighted by Crippen LogP contribution is -2.14. The number of hydrogen-bond acceptors (Lipinski definition) is 1. The van der Waals surface area contributed by atoms with E-state index in [0.29, 0.717) is 4.43 Å². The monoisotopic (exact) mass is 289 g/mol. The van der Waals surface area contributed by atoms with Crippen molar-refractivity contribution in [2.75, 3.05) is 9.74 Å². The second-order valence-corrected chi connectivity index (χ2v) is 3.71. The maximum atomic E-state index is 11.2. The average molecular weight is 289 g/mol. The predicted octanol–water partition coefficient (Wildman–Crippen LogP) is 2.68. The zero-order valence-corrected chi connectivity index (χ0v) is 9.88. The number of para-hydroxylation sites is 1. The highest BCUT2D eigenvalue weighted by Crippen LogP contribution is 2.19. The number of carbonyl (C=O) groups is 1. The van der Waals surface area contributed by atoms with E-state index < -0.39 is 0 Å². The first-order valence-corrected chi connectivity index (χ1v) is 5.59. The highest BCUT2D eigenvalue weighted by molar-refractivity contribution is 14.1. The van der Waals surface area contributed by atoms with E-state index in [1.54, 1.807) is 0 Å². The van der Waals surface area contributed by atoms with Gasteiger partial charge in [-0.3, -0.25) is 4.79 Å². The van der Waals surface area contributed by atoms with Gasteiger partial charge in [0.15, 0.2) is 0 Å². The number of nitrogens with one attached hydrogen (secondary N) is 1. The van der Waals surface area contributed by atoms with E-state index in [9.17, 15) is 4.79 Å². The molecule has 0 aromatic heterocycles. The molecule has 0 saturated carbocycles. The molecule has 13 heavy (non-hydrogen) atoms. The summed E-state index contributed by atoms with van der Waals surface area (Å²) in [5.74, 6) is 0.0537. The molecule has 0 radical (unpaired) electrons. The molecule has 0 aliphatic heterocycles. The maximum Gasteiger partial charge on any atom is 0.234 e. The Hall–Kier alpha value is -0.580. The van der Waals surface area contributed by atoms with Gasteiger partial charge in [-0.2, -0.15) is 0 Å². The summed E-state index contributed by atoms with van der Waals surface area (Å²) in [6.07, 6.45) is 0. The second kappa shape index (κ2) is 4.60. The summed E-state index contributed by atoms with van der Waals surface area (Å²) in [6, 6.07) is 5.98. The van der Waals surface area contributed by atoms with Crippen LogP contribution in [-0.4, -0.2) is 10.3 Å². The van der Waals surface area contributed by atoms with E-state index in [1.807, 2.05) is 32.0 Å². The fraction of sp³-hybridized carbons (Fsp3) is 0.300. The van der Waals surface area contributed by atoms with Gasteiger partial charge in [-0.25, -0.2) is 0 Å². The minimum Gasteiger partial charge on any atom is -0.325 e. The summed E-state index contributed by atoms with van der Waals surface area (Å²) >= 11 is 2.05. The first-order valence-electron chi connectivity index (χ1n) is 4.07. The van der Waals surface area contributed by atoms with Crippen LogP contribution in [0.15, 0.2) is 18.2 Å². The van der Waals surface area contributed by atoms with Gasteiger partial charge in [-0.05, 0) is 25.0 Å². The Labute approximate surface area is 91.9 Å². The lowest BCUT2D eigenvalue weighted by molar-refractivity contribution is -0.113. The van der Waals surface area contributed by atoms with Crippen LogP contribution in [-0.2, 0) is 4.79 Å². The van der Waals surface area contributed by atoms with Gasteiger partial charge in [0, 0.05) is 5.69 Å². The number of rotatable bonds is 2. The van der Waals surface area contributed by atoms with Crippen molar-refractivity contribution in [1.29, 1.82) is 0 Å². The largest absolute Gasteiger partial charge is 0.325 e. The van der Waals surface area contributed by atoms with Gasteiger partial charge in [0.05, 0.1) is 4.43 Å². The van der Waals surface area contributed by atoms with Crippen molar-refractivity contribution in [3.63, 3.8) is 0 Å². The fourth-order valence-electron chi connectivity index (χ4n) is 1.18. The van der Waals surface area contributed by atoms with E-state index in [1.165, 1.54) is 0 Å². The molecule has 0 fully saturated rings. The number of amides is 1. The van der Waals surface area contributed by atoms with Crippen LogP contribution in [0.5, 0.6) is 0 Å². The smallest absolute Gasteiger partial charge is 0.234 e. The minimum atomic E-state index is 0.0537. The van der Waals surface area contributed by atoms with Crippen LogP contribution >= 0.6 is 22.6 Å². The molecule has 1 rings (SSSR count). The van der Waals surface area contributed by atoms with Gasteiger partial charge >= 0.3 is 0 Å². The molecule has 0 unspecified atom stereocenters. The topological polar surface area (TPSA) is 29.1 Å². The Bertz CT molecular complexity index is 302. The zero-order chi connectivity index (χ0) is 9.84. The van der Waals surface area contributed by atoms with E-state index in [0.717, 1.165) is 16.8 Å². The van der Waals surface area contributed by atoms with E-state index in [4.69, 9.17) is 0 Å². The second-order valence-electron chi connectivity index (χ2n) is 2.95. The molecular formula is C10H12INO. The summed E-state index contributed by atoms with van der Waals surface area (Å²) in [6.45, 7) is 3.99. The van der Waals surface area contributed by atoms with Crippen LogP contribution in [0.2, 0.25) is 0 Å². The number of benzene rings is 1. The molecule has 1 aromatic rings. The minimum absolute atomic E-state index is 0.0537. The van der Waals surface area contributed by atoms with E-state index in [-0.39, 0.29) is 5.91 Å². The summed E-state index contributed by atoms with van der Waals surface area (Å²) in [7, 11) is 0. The van der Waals surface area contributed by atoms with Gasteiger partial charge in [-0.15, -0.1) is 0 Å². The highest BCUT2D eigenvalue weighted by atomic mass is 127. The third kappa shape index (κ3) is 2.69. The Morgan fingerprint density at radius 1 is 1.38 bits per heavy atom. The molecule has 1 aromatic carbocycles. The molecular weight excluding hydrogens is 277 g/mol. The van der Waals surface area contributed by atoms with Crippen LogP contribution in [0.3, 0.4) is 0 Å². The molecule has 0 heterocycles. The van der Waals surface area contributed by atoms with Crippen LogP contribution in [0, 0.1) is 13.8 Å². The quantitative estimate of drug-likeness (QED) is 0.658. The molecule has 0 aliphatic carbocycles. The summed E-state index contributed by atoms with van der Waals surface area (Å²) < 4.78 is 0.492. The standard InChI is InChI=1S/C10H12INO/c1-7-4-3-5-8(2)10(7)12-9(13)6-11/h3-5H,6H2,1-2H3,(H,12,13). The number of carbonyl (C=O) groups excluding carboxylic acids is 1. The van der Waals surface area contributed by atoms with Crippen molar-refractivity contribution >= 4 is 34.2 Å². The van der Waals surface area contributed by atoms with Gasteiger partial charge in [-0.1, -0.05) is 40.8 Å². The zero-order valence-electron chi connectivity index (χ0n) is 7.73. The van der Waals surface area contributed by atoms with Crippen LogP contribution < -0.4 is 5.32 Å². The Kier molecular flexibility index (Phi) is 3.71. The van der Waals surface area contributed by atoms with Crippen molar-refractivity contribution in [2.45, 2.75) is 13.8 Å². The number of hydrogen-bond donors (Lipinski definition) is 1. The number of anilines is 1. The van der Waals surface area contributed by atoms with Crippen molar-refractivity contribution in [3.05, 3.63) is 29.3 Å². The summed E-state index contributed by atoms with van der Waals surface area (Å²) in [4.78, 5) is 11.2. The lowest BCUT2D eigenvalue weighted by Gasteiger charge is -2.09. The third-order valence-corrected chi connectivity index (χ3v) is 2.56. The molecule has 1 N–H and O–H groups in total. The Morgan fingerprint density at radius 3 is 2.38 bits per heavy atom. The van der Waals surface area contributed by atoms with Crippen LogP contribution in [0.1, 0.15) is 11.1 Å². The van der Waals surface area contributed by atoms with E-state index >= 15 is 0 Å². The number of alkyl halides is 1. The summed E-state index contributed by atoms with van der Waals surface area (Å²) in [5, 5.41) is 2.88. The average Bonchev–Trinajstić information content (AvgIpc) is 2.11. The molecule has 70 valence electrons. The Balaban J connectivity index is 2.93. The molecule has 0 aliphatic rings. The normalized spacial score (nSPS) is 9.77. The number of aryl methyl sites for hydroxylation is 2. The first kappa shape index (κ1) is 10.5. The first-order chi connectivity index (χ1) is 6.15. The van der Waals surface area contributed by atoms with Crippen molar-refractivity contribution in [2.24, 2.45) is 0 Å². The van der Waals surface area contributed by atoms with Gasteiger partial charge < -0.3 is 5.32 Å². The molecule has 1 amide bonds. The SMILES string of the molecule is Cc1cccc(C)c1NC(=O)CI. The van der Waals surface area contributed by atoms with E-state index in [2.05, 4.69) is 27.9 Å². The summed E-state index contributed by atoms with van der Waals surface area (Å²) in [5.41, 5.74) is 3.17. The fourth-order valence-corrected chi connectivity index (χ4v) is 1.38. The van der Waals surface area contributed by atoms with Crippen LogP contribution in [0.4, 0.5) is 5.69 Å². The number of halogens is 1. The molecule has 2 nitrogen and oxygen atoms in total. The lowest BCUT2D eigenvalue weighted by atomic mass is 10.1. The van der Waals surface area contributed by atoms with Crippen molar-refractivity contribution in [3.8, 4) is 0 Å². The molecule has 0 atom stereocenters. The van der Waals surface area contributed by atoms with Crippen LogP contribution in [0.25, 0.3) is 0 Å². The highest BCUT2D eigenvalue weighted by Gasteiger charge is 2.04. The van der Waals surface area contributed by atoms with Crippen molar-refractivity contribution < 1.29 is 4.79 Å². The molecule has 0 spiro atoms. The predicted molar refractivity (Wildman–Crippen MR) is 63.4 cm³/mol. The third-order valence-electron chi connectivity index (χ3n) is 1.87.